The van der Waals surface area contributed by atoms with Crippen LogP contribution in [0.15, 0.2) is 120 Å². The highest BCUT2D eigenvalue weighted by Gasteiger charge is 2.20. The van der Waals surface area contributed by atoms with Gasteiger partial charge in [0.15, 0.2) is 11.2 Å². The van der Waals surface area contributed by atoms with Crippen molar-refractivity contribution in [3.05, 3.63) is 116 Å². The number of aromatic nitrogens is 7. The number of fused-ring (bicyclic) bond motifs is 7. The molecule has 9 rings (SSSR count). The van der Waals surface area contributed by atoms with Crippen LogP contribution in [0.25, 0.3) is 78.1 Å². The first-order valence-corrected chi connectivity index (χ1v) is 13.3. The van der Waals surface area contributed by atoms with Crippen LogP contribution in [-0.4, -0.2) is 34.1 Å². The third-order valence-electron chi connectivity index (χ3n) is 7.57. The van der Waals surface area contributed by atoms with Gasteiger partial charge >= 0.3 is 0 Å². The summed E-state index contributed by atoms with van der Waals surface area (Å²) in [7, 11) is 0. The van der Waals surface area contributed by atoms with Crippen LogP contribution in [0.3, 0.4) is 0 Å². The second-order valence-electron chi connectivity index (χ2n) is 9.88. The lowest BCUT2D eigenvalue weighted by Crippen LogP contribution is -1.96. The molecule has 7 heterocycles. The van der Waals surface area contributed by atoms with Crippen LogP contribution >= 0.6 is 0 Å². The monoisotopic (exact) mass is 529 g/mol. The van der Waals surface area contributed by atoms with E-state index in [1.54, 1.807) is 6.20 Å². The summed E-state index contributed by atoms with van der Waals surface area (Å²) in [6.45, 7) is 0. The maximum Gasteiger partial charge on any atom is 0.247 e. The minimum absolute atomic E-state index is 0.440. The van der Waals surface area contributed by atoms with Crippen molar-refractivity contribution >= 4 is 55.1 Å². The van der Waals surface area contributed by atoms with Gasteiger partial charge < -0.3 is 13.6 Å². The smallest absolute Gasteiger partial charge is 0.247 e. The van der Waals surface area contributed by atoms with Crippen LogP contribution < -0.4 is 0 Å². The quantitative estimate of drug-likeness (QED) is 0.239. The second-order valence-corrected chi connectivity index (χ2v) is 9.88. The fourth-order valence-electron chi connectivity index (χ4n) is 5.81. The van der Waals surface area contributed by atoms with Gasteiger partial charge in [-0.2, -0.15) is 4.98 Å². The van der Waals surface area contributed by atoms with E-state index in [9.17, 15) is 0 Å². The molecule has 7 aromatic heterocycles. The third kappa shape index (κ3) is 3.18. The number of hydrogen-bond acceptors (Lipinski definition) is 6. The molecule has 0 aliphatic rings. The van der Waals surface area contributed by atoms with Crippen LogP contribution in [0.5, 0.6) is 0 Å². The highest BCUT2D eigenvalue weighted by molar-refractivity contribution is 6.17. The van der Waals surface area contributed by atoms with E-state index in [4.69, 9.17) is 19.4 Å². The van der Waals surface area contributed by atoms with Gasteiger partial charge in [0, 0.05) is 35.1 Å². The van der Waals surface area contributed by atoms with Crippen molar-refractivity contribution in [2.45, 2.75) is 0 Å². The molecule has 0 aliphatic heterocycles. The molecule has 0 atom stereocenters. The van der Waals surface area contributed by atoms with E-state index in [0.717, 1.165) is 55.2 Å². The van der Waals surface area contributed by atoms with E-state index in [1.807, 2.05) is 61.1 Å². The molecule has 192 valence electrons. The molecule has 0 spiro atoms. The number of hydrogen-bond donors (Lipinski definition) is 0. The Morgan fingerprint density at radius 2 is 1.20 bits per heavy atom. The molecular formula is C33H19N7O. The van der Waals surface area contributed by atoms with Gasteiger partial charge in [0.05, 0.1) is 45.0 Å². The highest BCUT2D eigenvalue weighted by Crippen LogP contribution is 2.38. The van der Waals surface area contributed by atoms with Crippen LogP contribution in [-0.2, 0) is 0 Å². The summed E-state index contributed by atoms with van der Waals surface area (Å²) in [4.78, 5) is 23.1. The van der Waals surface area contributed by atoms with Crippen LogP contribution in [0.2, 0.25) is 0 Å². The molecule has 8 heteroatoms. The van der Waals surface area contributed by atoms with E-state index in [0.29, 0.717) is 22.8 Å². The number of para-hydroxylation sites is 1. The molecule has 0 saturated heterocycles. The lowest BCUT2D eigenvalue weighted by Gasteiger charge is -2.09. The second kappa shape index (κ2) is 8.30. The zero-order chi connectivity index (χ0) is 26.9. The molecule has 0 saturated carbocycles. The summed E-state index contributed by atoms with van der Waals surface area (Å²) in [5.41, 5.74) is 9.90. The molecule has 41 heavy (non-hydrogen) atoms. The summed E-state index contributed by atoms with van der Waals surface area (Å²) in [6, 6.07) is 30.7. The number of benzene rings is 2. The Balaban J connectivity index is 1.30. The largest absolute Gasteiger partial charge is 0.433 e. The summed E-state index contributed by atoms with van der Waals surface area (Å²) in [5, 5.41) is 2.13. The fraction of sp³-hybridized carbons (Fsp3) is 0. The van der Waals surface area contributed by atoms with Crippen molar-refractivity contribution in [3.63, 3.8) is 0 Å². The Kier molecular flexibility index (Phi) is 4.45. The standard InChI is InChI=1S/C33H19N7O/c1-2-7-20(8-3-1)39-25-9-4-14-34-30(25)22-18-28-23(17-27(22)39)31-26(10-5-15-35-31)40(28)21-12-13-24(37-19-21)33-38-32-29(41-33)11-6-16-36-32/h1-19H. The average molecular weight is 530 g/mol. The van der Waals surface area contributed by atoms with Crippen molar-refractivity contribution in [2.75, 3.05) is 0 Å². The van der Waals surface area contributed by atoms with Crippen molar-refractivity contribution < 1.29 is 4.42 Å². The Labute approximate surface area is 232 Å². The van der Waals surface area contributed by atoms with Crippen molar-refractivity contribution in [3.8, 4) is 23.0 Å². The fourth-order valence-corrected chi connectivity index (χ4v) is 5.81. The van der Waals surface area contributed by atoms with Gasteiger partial charge in [0.2, 0.25) is 5.89 Å². The van der Waals surface area contributed by atoms with Crippen LogP contribution in [0.1, 0.15) is 0 Å². The molecule has 0 unspecified atom stereocenters. The minimum Gasteiger partial charge on any atom is -0.433 e. The Morgan fingerprint density at radius 1 is 0.537 bits per heavy atom. The molecule has 0 radical (unpaired) electrons. The van der Waals surface area contributed by atoms with Crippen LogP contribution in [0, 0.1) is 0 Å². The first-order valence-electron chi connectivity index (χ1n) is 13.3. The van der Waals surface area contributed by atoms with E-state index in [2.05, 4.69) is 67.6 Å². The highest BCUT2D eigenvalue weighted by atomic mass is 16.3. The molecule has 9 aromatic rings. The molecule has 0 amide bonds. The van der Waals surface area contributed by atoms with E-state index >= 15 is 0 Å². The third-order valence-corrected chi connectivity index (χ3v) is 7.57. The molecule has 0 N–H and O–H groups in total. The lowest BCUT2D eigenvalue weighted by atomic mass is 10.1. The minimum atomic E-state index is 0.440. The molecule has 2 aromatic carbocycles. The van der Waals surface area contributed by atoms with Gasteiger partial charge in [0.25, 0.3) is 0 Å². The van der Waals surface area contributed by atoms with Crippen molar-refractivity contribution in [1.82, 2.24) is 34.1 Å². The number of rotatable bonds is 3. The predicted octanol–water partition coefficient (Wildman–Crippen LogP) is 7.27. The molecule has 0 bridgehead atoms. The van der Waals surface area contributed by atoms with Gasteiger partial charge in [-0.15, -0.1) is 0 Å². The van der Waals surface area contributed by atoms with Gasteiger partial charge in [-0.1, -0.05) is 18.2 Å². The molecule has 8 nitrogen and oxygen atoms in total. The first-order chi connectivity index (χ1) is 20.3. The summed E-state index contributed by atoms with van der Waals surface area (Å²) < 4.78 is 10.4. The maximum atomic E-state index is 5.89. The van der Waals surface area contributed by atoms with Gasteiger partial charge in [0.1, 0.15) is 5.69 Å². The molecule has 0 fully saturated rings. The SMILES string of the molecule is c1ccc(-n2c3cc4c5ncccc5n(-c5ccc(-c6nc7ncccc7o6)nc5)c4cc3c3ncccc32)cc1. The average Bonchev–Trinajstić information content (AvgIpc) is 3.71. The predicted molar refractivity (Wildman–Crippen MR) is 159 cm³/mol. The van der Waals surface area contributed by atoms with Crippen LogP contribution in [0.4, 0.5) is 0 Å². The van der Waals surface area contributed by atoms with Crippen molar-refractivity contribution in [1.29, 1.82) is 0 Å². The topological polar surface area (TPSA) is 87.5 Å². The van der Waals surface area contributed by atoms with Gasteiger partial charge in [-0.05, 0) is 72.8 Å². The van der Waals surface area contributed by atoms with E-state index in [1.165, 1.54) is 0 Å². The van der Waals surface area contributed by atoms with Crippen molar-refractivity contribution in [2.24, 2.45) is 0 Å². The molecule has 0 aliphatic carbocycles. The number of oxazole rings is 1. The Bertz CT molecular complexity index is 2390. The summed E-state index contributed by atoms with van der Waals surface area (Å²) in [6.07, 6.45) is 7.24. The first kappa shape index (κ1) is 22.0. The maximum absolute atomic E-state index is 5.89. The zero-order valence-corrected chi connectivity index (χ0v) is 21.5. The van der Waals surface area contributed by atoms with E-state index < -0.39 is 0 Å². The number of pyridine rings is 4. The zero-order valence-electron chi connectivity index (χ0n) is 21.5. The lowest BCUT2D eigenvalue weighted by molar-refractivity contribution is 0.616. The summed E-state index contributed by atoms with van der Waals surface area (Å²) in [5.74, 6) is 0.440. The number of nitrogens with zero attached hydrogens (tertiary/aromatic N) is 7. The van der Waals surface area contributed by atoms with Gasteiger partial charge in [-0.3, -0.25) is 9.97 Å². The van der Waals surface area contributed by atoms with Gasteiger partial charge in [-0.25, -0.2) is 9.97 Å². The normalized spacial score (nSPS) is 11.9. The summed E-state index contributed by atoms with van der Waals surface area (Å²) >= 11 is 0. The Morgan fingerprint density at radius 3 is 1.85 bits per heavy atom. The Hall–Kier alpha value is -5.89. The molecular weight excluding hydrogens is 510 g/mol. The van der Waals surface area contributed by atoms with E-state index in [-0.39, 0.29) is 0 Å².